The Morgan fingerprint density at radius 3 is 2.84 bits per heavy atom. The highest BCUT2D eigenvalue weighted by molar-refractivity contribution is 6.01. The maximum absolute atomic E-state index is 12.6. The first-order valence-electron chi connectivity index (χ1n) is 8.07. The largest absolute Gasteiger partial charge is 0.497 e. The molecule has 0 fully saturated rings. The quantitative estimate of drug-likeness (QED) is 0.750. The summed E-state index contributed by atoms with van der Waals surface area (Å²) in [5, 5.41) is 3.96. The molecule has 6 heteroatoms. The van der Waals surface area contributed by atoms with Crippen LogP contribution in [0.5, 0.6) is 5.75 Å². The van der Waals surface area contributed by atoms with Crippen molar-refractivity contribution < 1.29 is 9.53 Å². The average molecular weight is 338 g/mol. The van der Waals surface area contributed by atoms with Gasteiger partial charge in [0, 0.05) is 43.3 Å². The number of hydrogen-bond donors (Lipinski definition) is 2. The Morgan fingerprint density at radius 1 is 1.32 bits per heavy atom. The summed E-state index contributed by atoms with van der Waals surface area (Å²) in [5.41, 5.74) is 3.36. The molecule has 25 heavy (non-hydrogen) atoms. The molecule has 0 unspecified atom stereocenters. The Balaban J connectivity index is 1.82. The van der Waals surface area contributed by atoms with Crippen LogP contribution >= 0.6 is 0 Å². The Labute approximate surface area is 146 Å². The molecular formula is C19H22N4O2. The van der Waals surface area contributed by atoms with Crippen molar-refractivity contribution in [1.29, 1.82) is 0 Å². The first-order valence-corrected chi connectivity index (χ1v) is 8.07. The zero-order chi connectivity index (χ0) is 18.0. The molecule has 0 spiro atoms. The molecule has 0 aliphatic carbocycles. The number of nitrogens with one attached hydrogen (secondary N) is 2. The summed E-state index contributed by atoms with van der Waals surface area (Å²) in [6.45, 7) is 2.35. The molecule has 2 N–H and O–H groups in total. The predicted octanol–water partition coefficient (Wildman–Crippen LogP) is 2.88. The van der Waals surface area contributed by atoms with Crippen molar-refractivity contribution in [3.63, 3.8) is 0 Å². The van der Waals surface area contributed by atoms with Crippen LogP contribution in [0.1, 0.15) is 21.6 Å². The normalized spacial score (nSPS) is 10.7. The minimum Gasteiger partial charge on any atom is -0.497 e. The predicted molar refractivity (Wildman–Crippen MR) is 99.3 cm³/mol. The molecule has 2 heterocycles. The number of aromatic amines is 1. The Bertz CT molecular complexity index is 915. The molecule has 3 aromatic rings. The van der Waals surface area contributed by atoms with Crippen LogP contribution in [0.2, 0.25) is 0 Å². The maximum atomic E-state index is 12.6. The summed E-state index contributed by atoms with van der Waals surface area (Å²) in [6.07, 6.45) is 1.75. The highest BCUT2D eigenvalue weighted by Gasteiger charge is 2.16. The van der Waals surface area contributed by atoms with Gasteiger partial charge >= 0.3 is 0 Å². The van der Waals surface area contributed by atoms with Crippen LogP contribution in [0.15, 0.2) is 36.5 Å². The standard InChI is InChI=1S/C19H22N4O2/c1-12-15-10-14(25-4)7-8-16(15)22-17(12)19(24)21-11-13-6-5-9-20-18(13)23(2)3/h5-10,22H,11H2,1-4H3,(H,21,24). The highest BCUT2D eigenvalue weighted by atomic mass is 16.5. The molecule has 0 radical (unpaired) electrons. The summed E-state index contributed by atoms with van der Waals surface area (Å²) in [6, 6.07) is 9.56. The third-order valence-electron chi connectivity index (χ3n) is 4.22. The number of ether oxygens (including phenoxy) is 1. The molecule has 0 saturated carbocycles. The summed E-state index contributed by atoms with van der Waals surface area (Å²) in [4.78, 5) is 22.1. The van der Waals surface area contributed by atoms with Gasteiger partial charge < -0.3 is 19.9 Å². The number of hydrogen-bond acceptors (Lipinski definition) is 4. The molecule has 0 bridgehead atoms. The molecule has 0 saturated heterocycles. The smallest absolute Gasteiger partial charge is 0.268 e. The number of aryl methyl sites for hydroxylation is 1. The number of pyridine rings is 1. The van der Waals surface area contributed by atoms with Crippen LogP contribution in [-0.2, 0) is 6.54 Å². The SMILES string of the molecule is COc1ccc2[nH]c(C(=O)NCc3cccnc3N(C)C)c(C)c2c1. The average Bonchev–Trinajstić information content (AvgIpc) is 2.96. The van der Waals surface area contributed by atoms with Gasteiger partial charge in [-0.1, -0.05) is 6.07 Å². The second-order valence-corrected chi connectivity index (χ2v) is 6.10. The first-order chi connectivity index (χ1) is 12.0. The van der Waals surface area contributed by atoms with E-state index in [4.69, 9.17) is 4.74 Å². The lowest BCUT2D eigenvalue weighted by molar-refractivity contribution is 0.0946. The van der Waals surface area contributed by atoms with E-state index in [1.807, 2.05) is 56.3 Å². The van der Waals surface area contributed by atoms with E-state index in [-0.39, 0.29) is 5.91 Å². The second-order valence-electron chi connectivity index (χ2n) is 6.10. The van der Waals surface area contributed by atoms with E-state index < -0.39 is 0 Å². The summed E-state index contributed by atoms with van der Waals surface area (Å²) in [5.74, 6) is 1.48. The highest BCUT2D eigenvalue weighted by Crippen LogP contribution is 2.26. The first kappa shape index (κ1) is 16.8. The number of fused-ring (bicyclic) bond motifs is 1. The number of H-pyrrole nitrogens is 1. The van der Waals surface area contributed by atoms with Crippen molar-refractivity contribution in [3.05, 3.63) is 53.3 Å². The van der Waals surface area contributed by atoms with Crippen LogP contribution in [0, 0.1) is 6.92 Å². The number of carbonyl (C=O) groups excluding carboxylic acids is 1. The maximum Gasteiger partial charge on any atom is 0.268 e. The molecule has 3 rings (SSSR count). The minimum atomic E-state index is -0.138. The molecule has 0 atom stereocenters. The van der Waals surface area contributed by atoms with Crippen LogP contribution in [0.4, 0.5) is 5.82 Å². The van der Waals surface area contributed by atoms with E-state index >= 15 is 0 Å². The lowest BCUT2D eigenvalue weighted by Crippen LogP contribution is -2.25. The lowest BCUT2D eigenvalue weighted by Gasteiger charge is -2.16. The van der Waals surface area contributed by atoms with Gasteiger partial charge in [0.05, 0.1) is 7.11 Å². The van der Waals surface area contributed by atoms with Crippen molar-refractivity contribution in [2.75, 3.05) is 26.1 Å². The van der Waals surface area contributed by atoms with Gasteiger partial charge in [0.15, 0.2) is 0 Å². The molecule has 130 valence electrons. The Kier molecular flexibility index (Phi) is 4.61. The number of nitrogens with zero attached hydrogens (tertiary/aromatic N) is 2. The number of rotatable bonds is 5. The van der Waals surface area contributed by atoms with Gasteiger partial charge in [-0.2, -0.15) is 0 Å². The minimum absolute atomic E-state index is 0.138. The second kappa shape index (κ2) is 6.84. The zero-order valence-electron chi connectivity index (χ0n) is 14.9. The van der Waals surface area contributed by atoms with E-state index in [0.717, 1.165) is 33.6 Å². The van der Waals surface area contributed by atoms with Gasteiger partial charge in [-0.15, -0.1) is 0 Å². The van der Waals surface area contributed by atoms with Crippen molar-refractivity contribution in [2.45, 2.75) is 13.5 Å². The fourth-order valence-electron chi connectivity index (χ4n) is 2.89. The van der Waals surface area contributed by atoms with E-state index in [9.17, 15) is 4.79 Å². The summed E-state index contributed by atoms with van der Waals surface area (Å²) >= 11 is 0. The third-order valence-corrected chi connectivity index (χ3v) is 4.22. The van der Waals surface area contributed by atoms with Gasteiger partial charge in [0.1, 0.15) is 17.3 Å². The number of methoxy groups -OCH3 is 1. The molecular weight excluding hydrogens is 316 g/mol. The van der Waals surface area contributed by atoms with Crippen LogP contribution < -0.4 is 15.0 Å². The number of aromatic nitrogens is 2. The van der Waals surface area contributed by atoms with Crippen LogP contribution in [-0.4, -0.2) is 37.1 Å². The van der Waals surface area contributed by atoms with Gasteiger partial charge in [-0.25, -0.2) is 4.98 Å². The van der Waals surface area contributed by atoms with E-state index in [1.54, 1.807) is 13.3 Å². The molecule has 1 aromatic carbocycles. The van der Waals surface area contributed by atoms with E-state index in [1.165, 1.54) is 0 Å². The van der Waals surface area contributed by atoms with Crippen molar-refractivity contribution in [3.8, 4) is 5.75 Å². The Morgan fingerprint density at radius 2 is 2.12 bits per heavy atom. The number of carbonyl (C=O) groups is 1. The number of anilines is 1. The van der Waals surface area contributed by atoms with Crippen LogP contribution in [0.3, 0.4) is 0 Å². The molecule has 6 nitrogen and oxygen atoms in total. The summed E-state index contributed by atoms with van der Waals surface area (Å²) < 4.78 is 5.26. The molecule has 0 aliphatic heterocycles. The van der Waals surface area contributed by atoms with E-state index in [0.29, 0.717) is 12.2 Å². The fourth-order valence-corrected chi connectivity index (χ4v) is 2.89. The van der Waals surface area contributed by atoms with E-state index in [2.05, 4.69) is 15.3 Å². The molecule has 2 aromatic heterocycles. The monoisotopic (exact) mass is 338 g/mol. The molecule has 1 amide bonds. The van der Waals surface area contributed by atoms with Crippen molar-refractivity contribution >= 4 is 22.6 Å². The van der Waals surface area contributed by atoms with Crippen LogP contribution in [0.25, 0.3) is 10.9 Å². The van der Waals surface area contributed by atoms with Gasteiger partial charge in [-0.3, -0.25) is 4.79 Å². The van der Waals surface area contributed by atoms with Gasteiger partial charge in [0.25, 0.3) is 5.91 Å². The van der Waals surface area contributed by atoms with Crippen molar-refractivity contribution in [1.82, 2.24) is 15.3 Å². The fraction of sp³-hybridized carbons (Fsp3) is 0.263. The lowest BCUT2D eigenvalue weighted by atomic mass is 10.1. The summed E-state index contributed by atoms with van der Waals surface area (Å²) in [7, 11) is 5.50. The van der Waals surface area contributed by atoms with Gasteiger partial charge in [0.2, 0.25) is 0 Å². The topological polar surface area (TPSA) is 70.2 Å². The zero-order valence-corrected chi connectivity index (χ0v) is 14.9. The van der Waals surface area contributed by atoms with Crippen molar-refractivity contribution in [2.24, 2.45) is 0 Å². The molecule has 0 aliphatic rings. The third kappa shape index (κ3) is 3.28. The van der Waals surface area contributed by atoms with Gasteiger partial charge in [-0.05, 0) is 36.8 Å². The number of amides is 1. The Hall–Kier alpha value is -3.02. The number of benzene rings is 1.